The van der Waals surface area contributed by atoms with Crippen LogP contribution in [0.15, 0.2) is 65.6 Å². The molecule has 0 aromatic heterocycles. The van der Waals surface area contributed by atoms with E-state index in [9.17, 15) is 4.79 Å². The predicted molar refractivity (Wildman–Crippen MR) is 140 cm³/mol. The fourth-order valence-electron chi connectivity index (χ4n) is 8.52. The number of carbonyl (C=O) groups is 1. The highest BCUT2D eigenvalue weighted by molar-refractivity contribution is 7.99. The molecule has 4 bridgehead atoms. The van der Waals surface area contributed by atoms with E-state index in [2.05, 4.69) is 66.0 Å². The highest BCUT2D eigenvalue weighted by Gasteiger charge is 2.65. The molecule has 5 fully saturated rings. The normalized spacial score (nSPS) is 38.6. The minimum Gasteiger partial charge on any atom is -0.353 e. The molecule has 5 aliphatic carbocycles. The van der Waals surface area contributed by atoms with Crippen molar-refractivity contribution in [3.63, 3.8) is 0 Å². The number of benzene rings is 2. The molecule has 7 rings (SSSR count). The molecular formula is C30H38N2OS. The topological polar surface area (TPSA) is 55.1 Å². The molecule has 4 unspecified atom stereocenters. The number of rotatable bonds is 6. The number of nitrogens with one attached hydrogen (secondary N) is 1. The third-order valence-electron chi connectivity index (χ3n) is 9.45. The van der Waals surface area contributed by atoms with E-state index >= 15 is 0 Å². The van der Waals surface area contributed by atoms with Gasteiger partial charge in [0.15, 0.2) is 0 Å². The monoisotopic (exact) mass is 474 g/mol. The van der Waals surface area contributed by atoms with Crippen LogP contribution in [0.2, 0.25) is 0 Å². The third-order valence-corrected chi connectivity index (χ3v) is 10.8. The van der Waals surface area contributed by atoms with Gasteiger partial charge >= 0.3 is 0 Å². The largest absolute Gasteiger partial charge is 0.353 e. The Morgan fingerprint density at radius 1 is 0.882 bits per heavy atom. The highest BCUT2D eigenvalue weighted by atomic mass is 32.2. The van der Waals surface area contributed by atoms with E-state index in [0.717, 1.165) is 50.7 Å². The Bertz CT molecular complexity index is 1020. The fraction of sp³-hybridized carbons (Fsp3) is 0.567. The van der Waals surface area contributed by atoms with Crippen LogP contribution in [0, 0.1) is 16.7 Å². The SMILES string of the molecule is NC1CCC(NC(=O)C23CC4CC(CSc5ccccc5)(C2)CC(c2ccccc2)(C4)C3)CC1. The third kappa shape index (κ3) is 4.11. The summed E-state index contributed by atoms with van der Waals surface area (Å²) in [5.74, 6) is 2.12. The summed E-state index contributed by atoms with van der Waals surface area (Å²) >= 11 is 2.00. The van der Waals surface area contributed by atoms with Crippen LogP contribution in [0.25, 0.3) is 0 Å². The summed E-state index contributed by atoms with van der Waals surface area (Å²) in [6.07, 6.45) is 11.1. The second kappa shape index (κ2) is 8.71. The van der Waals surface area contributed by atoms with E-state index in [4.69, 9.17) is 5.73 Å². The van der Waals surface area contributed by atoms with Crippen molar-refractivity contribution in [1.29, 1.82) is 0 Å². The van der Waals surface area contributed by atoms with Crippen LogP contribution in [-0.4, -0.2) is 23.7 Å². The summed E-state index contributed by atoms with van der Waals surface area (Å²) < 4.78 is 0. The summed E-state index contributed by atoms with van der Waals surface area (Å²) in [4.78, 5) is 15.4. The molecule has 5 saturated carbocycles. The first-order valence-corrected chi connectivity index (χ1v) is 14.3. The van der Waals surface area contributed by atoms with Gasteiger partial charge in [-0.3, -0.25) is 4.79 Å². The summed E-state index contributed by atoms with van der Waals surface area (Å²) in [7, 11) is 0. The lowest BCUT2D eigenvalue weighted by atomic mass is 9.38. The summed E-state index contributed by atoms with van der Waals surface area (Å²) in [5.41, 5.74) is 7.77. The predicted octanol–water partition coefficient (Wildman–Crippen LogP) is 6.07. The van der Waals surface area contributed by atoms with Gasteiger partial charge in [-0.2, -0.15) is 0 Å². The van der Waals surface area contributed by atoms with E-state index in [1.54, 1.807) is 0 Å². The standard InChI is InChI=1S/C30H38N2OS/c31-24-11-13-25(14-12-24)32-27(33)30-17-22-15-28(19-30,21-34-26-9-5-2-6-10-26)18-29(16-22,20-30)23-7-3-1-4-8-23/h1-10,22,24-25H,11-21,31H2,(H,32,33). The lowest BCUT2D eigenvalue weighted by Gasteiger charge is -2.66. The molecule has 4 heteroatoms. The van der Waals surface area contributed by atoms with Crippen LogP contribution in [0.1, 0.15) is 69.8 Å². The molecule has 4 atom stereocenters. The summed E-state index contributed by atoms with van der Waals surface area (Å²) in [6, 6.07) is 22.6. The maximum atomic E-state index is 14.1. The first-order chi connectivity index (χ1) is 16.5. The van der Waals surface area contributed by atoms with E-state index in [0.29, 0.717) is 23.9 Å². The van der Waals surface area contributed by atoms with Gasteiger partial charge in [0, 0.05) is 22.7 Å². The number of carbonyl (C=O) groups excluding carboxylic acids is 1. The van der Waals surface area contributed by atoms with E-state index in [1.165, 1.54) is 29.7 Å². The average molecular weight is 475 g/mol. The van der Waals surface area contributed by atoms with E-state index in [1.807, 2.05) is 11.8 Å². The van der Waals surface area contributed by atoms with Crippen molar-refractivity contribution in [1.82, 2.24) is 5.32 Å². The van der Waals surface area contributed by atoms with Gasteiger partial charge in [0.05, 0.1) is 5.41 Å². The molecular weight excluding hydrogens is 436 g/mol. The zero-order valence-electron chi connectivity index (χ0n) is 20.2. The Morgan fingerprint density at radius 3 is 2.32 bits per heavy atom. The molecule has 2 aromatic rings. The molecule has 2 aromatic carbocycles. The van der Waals surface area contributed by atoms with Crippen LogP contribution in [-0.2, 0) is 10.2 Å². The van der Waals surface area contributed by atoms with Crippen molar-refractivity contribution in [3.8, 4) is 0 Å². The second-order valence-electron chi connectivity index (χ2n) is 12.1. The maximum absolute atomic E-state index is 14.1. The highest BCUT2D eigenvalue weighted by Crippen LogP contribution is 2.70. The van der Waals surface area contributed by atoms with Crippen LogP contribution < -0.4 is 11.1 Å². The Labute approximate surface area is 208 Å². The van der Waals surface area contributed by atoms with Gasteiger partial charge in [-0.15, -0.1) is 11.8 Å². The van der Waals surface area contributed by atoms with Gasteiger partial charge in [-0.1, -0.05) is 48.5 Å². The number of thioether (sulfide) groups is 1. The lowest BCUT2D eigenvalue weighted by molar-refractivity contribution is -0.160. The van der Waals surface area contributed by atoms with Crippen molar-refractivity contribution in [2.45, 2.75) is 86.6 Å². The van der Waals surface area contributed by atoms with Crippen molar-refractivity contribution in [2.75, 3.05) is 5.75 Å². The van der Waals surface area contributed by atoms with E-state index < -0.39 is 0 Å². The van der Waals surface area contributed by atoms with Crippen molar-refractivity contribution in [2.24, 2.45) is 22.5 Å². The molecule has 5 aliphatic rings. The molecule has 3 nitrogen and oxygen atoms in total. The molecule has 1 amide bonds. The summed E-state index contributed by atoms with van der Waals surface area (Å²) in [6.45, 7) is 0. The number of hydrogen-bond acceptors (Lipinski definition) is 3. The van der Waals surface area contributed by atoms with Gasteiger partial charge in [0.2, 0.25) is 5.91 Å². The van der Waals surface area contributed by atoms with Crippen LogP contribution in [0.4, 0.5) is 0 Å². The maximum Gasteiger partial charge on any atom is 0.226 e. The Kier molecular flexibility index (Phi) is 5.81. The van der Waals surface area contributed by atoms with Crippen LogP contribution in [0.5, 0.6) is 0 Å². The smallest absolute Gasteiger partial charge is 0.226 e. The second-order valence-corrected chi connectivity index (χ2v) is 13.2. The first-order valence-electron chi connectivity index (χ1n) is 13.3. The minimum atomic E-state index is -0.216. The molecule has 0 heterocycles. The summed E-state index contributed by atoms with van der Waals surface area (Å²) in [5, 5.41) is 3.55. The molecule has 34 heavy (non-hydrogen) atoms. The van der Waals surface area contributed by atoms with Gasteiger partial charge in [-0.25, -0.2) is 0 Å². The number of amides is 1. The Balaban J connectivity index is 1.31. The lowest BCUT2D eigenvalue weighted by Crippen LogP contribution is -2.64. The van der Waals surface area contributed by atoms with Crippen molar-refractivity contribution < 1.29 is 4.79 Å². The molecule has 180 valence electrons. The minimum absolute atomic E-state index is 0.143. The van der Waals surface area contributed by atoms with Crippen LogP contribution in [0.3, 0.4) is 0 Å². The van der Waals surface area contributed by atoms with Gasteiger partial charge in [0.25, 0.3) is 0 Å². The van der Waals surface area contributed by atoms with E-state index in [-0.39, 0.29) is 16.2 Å². The molecule has 0 spiro atoms. The quantitative estimate of drug-likeness (QED) is 0.499. The van der Waals surface area contributed by atoms with Crippen molar-refractivity contribution in [3.05, 3.63) is 66.2 Å². The first kappa shape index (κ1) is 22.7. The number of hydrogen-bond donors (Lipinski definition) is 2. The molecule has 0 saturated heterocycles. The Morgan fingerprint density at radius 2 is 1.59 bits per heavy atom. The van der Waals surface area contributed by atoms with Crippen molar-refractivity contribution >= 4 is 17.7 Å². The van der Waals surface area contributed by atoms with Gasteiger partial charge in [-0.05, 0) is 98.7 Å². The van der Waals surface area contributed by atoms with Crippen LogP contribution >= 0.6 is 11.8 Å². The Hall–Kier alpha value is -1.78. The van der Waals surface area contributed by atoms with Gasteiger partial charge < -0.3 is 11.1 Å². The molecule has 0 aliphatic heterocycles. The fourth-order valence-corrected chi connectivity index (χ4v) is 9.67. The zero-order chi connectivity index (χ0) is 23.2. The zero-order valence-corrected chi connectivity index (χ0v) is 21.0. The number of nitrogens with two attached hydrogens (primary N) is 1. The van der Waals surface area contributed by atoms with Gasteiger partial charge in [0.1, 0.15) is 0 Å². The average Bonchev–Trinajstić information content (AvgIpc) is 2.85. The molecule has 3 N–H and O–H groups in total. The molecule has 0 radical (unpaired) electrons.